The molecule has 0 fully saturated rings. The zero-order chi connectivity index (χ0) is 23.5. The molecule has 2 aromatic carbocycles. The Morgan fingerprint density at radius 2 is 1.91 bits per heavy atom. The van der Waals surface area contributed by atoms with Crippen LogP contribution in [0.15, 0.2) is 48.5 Å². The fraction of sp³-hybridized carbons (Fsp3) is 0.348. The lowest BCUT2D eigenvalue weighted by Crippen LogP contribution is -2.50. The topological polar surface area (TPSA) is 117 Å². The molecular weight excluding hydrogens is 428 g/mol. The van der Waals surface area contributed by atoms with Crippen LogP contribution in [0.3, 0.4) is 0 Å². The van der Waals surface area contributed by atoms with Gasteiger partial charge in [-0.05, 0) is 25.5 Å². The summed E-state index contributed by atoms with van der Waals surface area (Å²) in [6.45, 7) is 2.42. The first-order chi connectivity index (χ1) is 16.0. The summed E-state index contributed by atoms with van der Waals surface area (Å²) in [7, 11) is 1.57. The van der Waals surface area contributed by atoms with Gasteiger partial charge in [0.25, 0.3) is 5.69 Å². The summed E-state index contributed by atoms with van der Waals surface area (Å²) in [5.74, 6) is -2.21. The molecule has 4 rings (SSSR count). The van der Waals surface area contributed by atoms with Crippen molar-refractivity contribution in [1.29, 1.82) is 0 Å². The van der Waals surface area contributed by atoms with E-state index in [0.29, 0.717) is 30.0 Å². The molecule has 10 heteroatoms. The third-order valence-electron chi connectivity index (χ3n) is 5.67. The van der Waals surface area contributed by atoms with Crippen molar-refractivity contribution in [2.45, 2.75) is 19.4 Å². The molecule has 3 aromatic rings. The molecule has 0 unspecified atom stereocenters. The molecule has 1 amide bonds. The zero-order valence-corrected chi connectivity index (χ0v) is 18.3. The lowest BCUT2D eigenvalue weighted by atomic mass is 9.88. The summed E-state index contributed by atoms with van der Waals surface area (Å²) in [6, 6.07) is 12.4. The number of methoxy groups -OCH3 is 1. The van der Waals surface area contributed by atoms with Crippen LogP contribution in [0.4, 0.5) is 11.6 Å². The number of nitro benzene ring substituents is 1. The lowest BCUT2D eigenvalue weighted by Gasteiger charge is -2.37. The SMILES string of the molecule is CCOC(=O)[C@@H]1C(=O)N(CCCOC)c2nc3ccccc3n2[C@H]1c1ccccc1[N+](=O)[O-]. The Hall–Kier alpha value is -3.79. The Labute approximate surface area is 189 Å². The molecule has 0 spiro atoms. The molecule has 10 nitrogen and oxygen atoms in total. The minimum absolute atomic E-state index is 0.0768. The largest absolute Gasteiger partial charge is 0.465 e. The monoisotopic (exact) mass is 452 g/mol. The molecule has 1 aliphatic rings. The fourth-order valence-electron chi connectivity index (χ4n) is 4.31. The third-order valence-corrected chi connectivity index (χ3v) is 5.67. The van der Waals surface area contributed by atoms with E-state index in [4.69, 9.17) is 9.47 Å². The number of benzene rings is 2. The number of anilines is 1. The van der Waals surface area contributed by atoms with Gasteiger partial charge in [-0.15, -0.1) is 0 Å². The molecule has 0 N–H and O–H groups in total. The maximum atomic E-state index is 13.7. The van der Waals surface area contributed by atoms with Crippen molar-refractivity contribution >= 4 is 34.5 Å². The Bertz CT molecular complexity index is 1210. The van der Waals surface area contributed by atoms with Crippen LogP contribution in [0.2, 0.25) is 0 Å². The highest BCUT2D eigenvalue weighted by atomic mass is 16.6. The van der Waals surface area contributed by atoms with Crippen LogP contribution in [0, 0.1) is 16.0 Å². The number of aromatic nitrogens is 2. The minimum atomic E-state index is -1.31. The Morgan fingerprint density at radius 3 is 2.64 bits per heavy atom. The van der Waals surface area contributed by atoms with Crippen LogP contribution in [0.25, 0.3) is 11.0 Å². The van der Waals surface area contributed by atoms with Crippen molar-refractivity contribution in [2.24, 2.45) is 5.92 Å². The quantitative estimate of drug-likeness (QED) is 0.169. The molecule has 33 heavy (non-hydrogen) atoms. The molecule has 0 saturated heterocycles. The van der Waals surface area contributed by atoms with Gasteiger partial charge in [0, 0.05) is 26.3 Å². The summed E-state index contributed by atoms with van der Waals surface area (Å²) in [6.07, 6.45) is 0.525. The van der Waals surface area contributed by atoms with Crippen molar-refractivity contribution in [3.8, 4) is 0 Å². The smallest absolute Gasteiger partial charge is 0.321 e. The number of imidazole rings is 1. The second-order valence-electron chi connectivity index (χ2n) is 7.60. The van der Waals surface area contributed by atoms with E-state index in [9.17, 15) is 19.7 Å². The predicted octanol–water partition coefficient (Wildman–Crippen LogP) is 3.10. The average Bonchev–Trinajstić information content (AvgIpc) is 3.19. The normalized spacial score (nSPS) is 17.8. The van der Waals surface area contributed by atoms with Gasteiger partial charge in [-0.2, -0.15) is 0 Å². The maximum absolute atomic E-state index is 13.7. The Kier molecular flexibility index (Phi) is 6.36. The number of nitro groups is 1. The fourth-order valence-corrected chi connectivity index (χ4v) is 4.31. The standard InChI is InChI=1S/C23H24N4O6/c1-3-33-22(29)19-20(15-9-4-6-11-17(15)27(30)31)26-18-12-7-5-10-16(18)24-23(26)25(21(19)28)13-8-14-32-2/h4-7,9-12,19-20H,3,8,13-14H2,1-2H3/t19-,20-/m0/s1. The van der Waals surface area contributed by atoms with E-state index < -0.39 is 28.8 Å². The van der Waals surface area contributed by atoms with Gasteiger partial charge in [-0.25, -0.2) is 4.98 Å². The summed E-state index contributed by atoms with van der Waals surface area (Å²) in [5.41, 5.74) is 1.34. The van der Waals surface area contributed by atoms with Gasteiger partial charge in [-0.1, -0.05) is 30.3 Å². The van der Waals surface area contributed by atoms with Crippen LogP contribution in [0.1, 0.15) is 24.9 Å². The summed E-state index contributed by atoms with van der Waals surface area (Å²) in [4.78, 5) is 44.3. The van der Waals surface area contributed by atoms with Crippen LogP contribution < -0.4 is 4.90 Å². The number of fused-ring (bicyclic) bond motifs is 3. The number of hydrogen-bond acceptors (Lipinski definition) is 7. The number of para-hydroxylation sites is 3. The first-order valence-corrected chi connectivity index (χ1v) is 10.7. The van der Waals surface area contributed by atoms with Gasteiger partial charge in [0.05, 0.1) is 34.2 Å². The summed E-state index contributed by atoms with van der Waals surface area (Å²) in [5, 5.41) is 11.9. The molecule has 0 radical (unpaired) electrons. The number of ether oxygens (including phenoxy) is 2. The van der Waals surface area contributed by atoms with Crippen molar-refractivity contribution in [3.05, 3.63) is 64.2 Å². The van der Waals surface area contributed by atoms with Crippen molar-refractivity contribution < 1.29 is 24.0 Å². The number of esters is 1. The number of amides is 1. The molecular formula is C23H24N4O6. The van der Waals surface area contributed by atoms with Crippen LogP contribution in [0.5, 0.6) is 0 Å². The molecule has 0 bridgehead atoms. The van der Waals surface area contributed by atoms with E-state index in [1.54, 1.807) is 42.9 Å². The van der Waals surface area contributed by atoms with E-state index in [-0.39, 0.29) is 24.4 Å². The Morgan fingerprint density at radius 1 is 1.18 bits per heavy atom. The average molecular weight is 452 g/mol. The van der Waals surface area contributed by atoms with Gasteiger partial charge in [-0.3, -0.25) is 24.6 Å². The van der Waals surface area contributed by atoms with Gasteiger partial charge in [0.1, 0.15) is 0 Å². The van der Waals surface area contributed by atoms with Gasteiger partial charge in [0.2, 0.25) is 11.9 Å². The highest BCUT2D eigenvalue weighted by Gasteiger charge is 2.49. The number of nitrogens with zero attached hydrogens (tertiary/aromatic N) is 4. The second-order valence-corrected chi connectivity index (χ2v) is 7.60. The maximum Gasteiger partial charge on any atom is 0.321 e. The highest BCUT2D eigenvalue weighted by molar-refractivity contribution is 6.08. The predicted molar refractivity (Wildman–Crippen MR) is 120 cm³/mol. The molecule has 0 saturated carbocycles. The molecule has 2 heterocycles. The number of rotatable bonds is 8. The second kappa shape index (κ2) is 9.37. The number of hydrogen-bond donors (Lipinski definition) is 0. The van der Waals surface area contributed by atoms with E-state index in [1.807, 2.05) is 18.2 Å². The third kappa shape index (κ3) is 3.93. The van der Waals surface area contributed by atoms with Gasteiger partial charge in [0.15, 0.2) is 5.92 Å². The molecule has 1 aliphatic heterocycles. The van der Waals surface area contributed by atoms with Gasteiger partial charge >= 0.3 is 5.97 Å². The van der Waals surface area contributed by atoms with Crippen LogP contribution in [-0.4, -0.2) is 53.2 Å². The molecule has 2 atom stereocenters. The van der Waals surface area contributed by atoms with E-state index in [0.717, 1.165) is 0 Å². The molecule has 0 aliphatic carbocycles. The highest BCUT2D eigenvalue weighted by Crippen LogP contribution is 2.43. The van der Waals surface area contributed by atoms with Gasteiger partial charge < -0.3 is 14.0 Å². The molecule has 172 valence electrons. The first kappa shape index (κ1) is 22.4. The van der Waals surface area contributed by atoms with Crippen LogP contribution >= 0.6 is 0 Å². The van der Waals surface area contributed by atoms with Crippen molar-refractivity contribution in [1.82, 2.24) is 9.55 Å². The summed E-state index contributed by atoms with van der Waals surface area (Å²) >= 11 is 0. The zero-order valence-electron chi connectivity index (χ0n) is 18.3. The van der Waals surface area contributed by atoms with E-state index in [1.165, 1.54) is 11.0 Å². The van der Waals surface area contributed by atoms with E-state index >= 15 is 0 Å². The number of carbonyl (C=O) groups is 2. The Balaban J connectivity index is 2.00. The van der Waals surface area contributed by atoms with E-state index in [2.05, 4.69) is 4.98 Å². The number of carbonyl (C=O) groups excluding carboxylic acids is 2. The first-order valence-electron chi connectivity index (χ1n) is 10.7. The van der Waals surface area contributed by atoms with Crippen molar-refractivity contribution in [2.75, 3.05) is 31.8 Å². The minimum Gasteiger partial charge on any atom is -0.465 e. The molecule has 1 aromatic heterocycles. The summed E-state index contributed by atoms with van der Waals surface area (Å²) < 4.78 is 12.1. The van der Waals surface area contributed by atoms with Crippen molar-refractivity contribution in [3.63, 3.8) is 0 Å². The lowest BCUT2D eigenvalue weighted by molar-refractivity contribution is -0.385. The van der Waals surface area contributed by atoms with Crippen LogP contribution in [-0.2, 0) is 19.1 Å².